The first-order valence-corrected chi connectivity index (χ1v) is 9.25. The van der Waals surface area contributed by atoms with Gasteiger partial charge in [-0.15, -0.1) is 0 Å². The fraction of sp³-hybridized carbons (Fsp3) is 0.625. The van der Waals surface area contributed by atoms with E-state index in [1.54, 1.807) is 13.0 Å². The van der Waals surface area contributed by atoms with Crippen LogP contribution in [0.4, 0.5) is 0 Å². The SMILES string of the molecule is COc1cc(C)cc(C)c1S(=O)(=O)NC1CCCCC1CN. The van der Waals surface area contributed by atoms with Gasteiger partial charge in [0.2, 0.25) is 10.0 Å². The van der Waals surface area contributed by atoms with Crippen molar-refractivity contribution < 1.29 is 13.2 Å². The van der Waals surface area contributed by atoms with Gasteiger partial charge in [-0.3, -0.25) is 0 Å². The van der Waals surface area contributed by atoms with Crippen molar-refractivity contribution in [3.05, 3.63) is 23.3 Å². The summed E-state index contributed by atoms with van der Waals surface area (Å²) in [5.41, 5.74) is 7.47. The number of hydrogen-bond acceptors (Lipinski definition) is 4. The molecule has 1 aromatic rings. The first-order chi connectivity index (χ1) is 10.4. The van der Waals surface area contributed by atoms with Gasteiger partial charge in [-0.2, -0.15) is 0 Å². The molecular formula is C16H26N2O3S. The van der Waals surface area contributed by atoms with Crippen molar-refractivity contribution in [3.8, 4) is 5.75 Å². The van der Waals surface area contributed by atoms with Crippen LogP contribution < -0.4 is 15.2 Å². The molecule has 1 aromatic carbocycles. The summed E-state index contributed by atoms with van der Waals surface area (Å²) in [4.78, 5) is 0.238. The Bertz CT molecular complexity index is 629. The van der Waals surface area contributed by atoms with E-state index >= 15 is 0 Å². The number of benzene rings is 1. The Hall–Kier alpha value is -1.11. The van der Waals surface area contributed by atoms with Crippen molar-refractivity contribution in [1.82, 2.24) is 4.72 Å². The Morgan fingerprint density at radius 3 is 2.59 bits per heavy atom. The number of sulfonamides is 1. The summed E-state index contributed by atoms with van der Waals surface area (Å²) in [7, 11) is -2.13. The average Bonchev–Trinajstić information content (AvgIpc) is 2.46. The van der Waals surface area contributed by atoms with E-state index in [2.05, 4.69) is 4.72 Å². The van der Waals surface area contributed by atoms with Crippen molar-refractivity contribution in [2.45, 2.75) is 50.5 Å². The summed E-state index contributed by atoms with van der Waals surface area (Å²) in [6.45, 7) is 4.23. The minimum absolute atomic E-state index is 0.0887. The molecule has 0 aromatic heterocycles. The molecule has 1 fully saturated rings. The van der Waals surface area contributed by atoms with Crippen LogP contribution in [-0.2, 0) is 10.0 Å². The maximum absolute atomic E-state index is 12.8. The van der Waals surface area contributed by atoms with Gasteiger partial charge in [0.25, 0.3) is 0 Å². The number of ether oxygens (including phenoxy) is 1. The fourth-order valence-electron chi connectivity index (χ4n) is 3.31. The standard InChI is InChI=1S/C16H26N2O3S/c1-11-8-12(2)16(15(9-11)21-3)22(19,20)18-14-7-5-4-6-13(14)10-17/h8-9,13-14,18H,4-7,10,17H2,1-3H3. The fourth-order valence-corrected chi connectivity index (χ4v) is 5.03. The minimum atomic E-state index is -3.62. The molecule has 0 amide bonds. The van der Waals surface area contributed by atoms with Gasteiger partial charge in [0, 0.05) is 6.04 Å². The molecule has 2 rings (SSSR count). The van der Waals surface area contributed by atoms with E-state index in [1.807, 2.05) is 13.0 Å². The van der Waals surface area contributed by atoms with E-state index in [4.69, 9.17) is 10.5 Å². The highest BCUT2D eigenvalue weighted by atomic mass is 32.2. The zero-order valence-corrected chi connectivity index (χ0v) is 14.4. The lowest BCUT2D eigenvalue weighted by molar-refractivity contribution is 0.295. The molecule has 0 spiro atoms. The second kappa shape index (κ2) is 6.98. The van der Waals surface area contributed by atoms with E-state index < -0.39 is 10.0 Å². The third-order valence-corrected chi connectivity index (χ3v) is 6.07. The molecule has 6 heteroatoms. The smallest absolute Gasteiger partial charge is 0.244 e. The van der Waals surface area contributed by atoms with Crippen LogP contribution in [0.5, 0.6) is 5.75 Å². The Morgan fingerprint density at radius 1 is 1.27 bits per heavy atom. The monoisotopic (exact) mass is 326 g/mol. The summed E-state index contributed by atoms with van der Waals surface area (Å²) in [6, 6.07) is 3.52. The summed E-state index contributed by atoms with van der Waals surface area (Å²) in [5.74, 6) is 0.602. The third kappa shape index (κ3) is 3.62. The zero-order valence-electron chi connectivity index (χ0n) is 13.6. The zero-order chi connectivity index (χ0) is 16.3. The molecule has 22 heavy (non-hydrogen) atoms. The van der Waals surface area contributed by atoms with Crippen LogP contribution in [0, 0.1) is 19.8 Å². The molecule has 0 radical (unpaired) electrons. The van der Waals surface area contributed by atoms with Gasteiger partial charge < -0.3 is 10.5 Å². The lowest BCUT2D eigenvalue weighted by Crippen LogP contribution is -2.44. The molecule has 0 saturated heterocycles. The summed E-state index contributed by atoms with van der Waals surface area (Å²) in [6.07, 6.45) is 3.97. The Kier molecular flexibility index (Phi) is 5.47. The molecule has 3 N–H and O–H groups in total. The maximum atomic E-state index is 12.8. The highest BCUT2D eigenvalue weighted by Gasteiger charge is 2.31. The van der Waals surface area contributed by atoms with Crippen LogP contribution in [-0.4, -0.2) is 28.1 Å². The molecule has 1 saturated carbocycles. The number of hydrogen-bond donors (Lipinski definition) is 2. The molecule has 2 atom stereocenters. The molecule has 0 heterocycles. The summed E-state index contributed by atoms with van der Waals surface area (Å²) >= 11 is 0. The lowest BCUT2D eigenvalue weighted by Gasteiger charge is -2.31. The van der Waals surface area contributed by atoms with Gasteiger partial charge in [0.1, 0.15) is 10.6 Å². The van der Waals surface area contributed by atoms with E-state index in [1.165, 1.54) is 7.11 Å². The summed E-state index contributed by atoms with van der Waals surface area (Å²) < 4.78 is 33.8. The molecule has 0 aliphatic heterocycles. The Labute approximate surface area is 133 Å². The quantitative estimate of drug-likeness (QED) is 0.868. The predicted octanol–water partition coefficient (Wildman–Crippen LogP) is 2.11. The van der Waals surface area contributed by atoms with Crippen LogP contribution >= 0.6 is 0 Å². The molecule has 124 valence electrons. The van der Waals surface area contributed by atoms with Crippen molar-refractivity contribution >= 4 is 10.0 Å². The molecule has 0 bridgehead atoms. The predicted molar refractivity (Wildman–Crippen MR) is 87.6 cm³/mol. The summed E-state index contributed by atoms with van der Waals surface area (Å²) in [5, 5.41) is 0. The number of nitrogens with two attached hydrogens (primary N) is 1. The second-order valence-electron chi connectivity index (χ2n) is 6.12. The van der Waals surface area contributed by atoms with Crippen LogP contribution in [0.3, 0.4) is 0 Å². The van der Waals surface area contributed by atoms with Crippen molar-refractivity contribution in [3.63, 3.8) is 0 Å². The average molecular weight is 326 g/mol. The largest absolute Gasteiger partial charge is 0.495 e. The van der Waals surface area contributed by atoms with E-state index in [-0.39, 0.29) is 16.9 Å². The van der Waals surface area contributed by atoms with Crippen LogP contribution in [0.15, 0.2) is 17.0 Å². The number of methoxy groups -OCH3 is 1. The van der Waals surface area contributed by atoms with E-state index in [0.717, 1.165) is 31.2 Å². The maximum Gasteiger partial charge on any atom is 0.244 e. The normalized spacial score (nSPS) is 22.5. The van der Waals surface area contributed by atoms with Gasteiger partial charge in [0.05, 0.1) is 7.11 Å². The topological polar surface area (TPSA) is 81.4 Å². The van der Waals surface area contributed by atoms with Crippen LogP contribution in [0.1, 0.15) is 36.8 Å². The third-order valence-electron chi connectivity index (χ3n) is 4.39. The molecule has 2 unspecified atom stereocenters. The first kappa shape index (κ1) is 17.2. The van der Waals surface area contributed by atoms with Crippen molar-refractivity contribution in [1.29, 1.82) is 0 Å². The van der Waals surface area contributed by atoms with Crippen molar-refractivity contribution in [2.75, 3.05) is 13.7 Å². The van der Waals surface area contributed by atoms with Crippen molar-refractivity contribution in [2.24, 2.45) is 11.7 Å². The van der Waals surface area contributed by atoms with Gasteiger partial charge in [0.15, 0.2) is 0 Å². The first-order valence-electron chi connectivity index (χ1n) is 7.76. The van der Waals surface area contributed by atoms with Crippen LogP contribution in [0.25, 0.3) is 0 Å². The van der Waals surface area contributed by atoms with Crippen LogP contribution in [0.2, 0.25) is 0 Å². The van der Waals surface area contributed by atoms with E-state index in [0.29, 0.717) is 17.9 Å². The molecule has 1 aliphatic rings. The number of nitrogens with one attached hydrogen (secondary N) is 1. The Morgan fingerprint density at radius 2 is 1.95 bits per heavy atom. The minimum Gasteiger partial charge on any atom is -0.495 e. The second-order valence-corrected chi connectivity index (χ2v) is 7.77. The molecular weight excluding hydrogens is 300 g/mol. The van der Waals surface area contributed by atoms with Gasteiger partial charge in [-0.1, -0.05) is 18.9 Å². The van der Waals surface area contributed by atoms with E-state index in [9.17, 15) is 8.42 Å². The lowest BCUT2D eigenvalue weighted by atomic mass is 9.85. The van der Waals surface area contributed by atoms with Gasteiger partial charge in [-0.25, -0.2) is 13.1 Å². The molecule has 5 nitrogen and oxygen atoms in total. The number of rotatable bonds is 5. The highest BCUT2D eigenvalue weighted by Crippen LogP contribution is 2.31. The highest BCUT2D eigenvalue weighted by molar-refractivity contribution is 7.89. The van der Waals surface area contributed by atoms with Gasteiger partial charge >= 0.3 is 0 Å². The molecule has 1 aliphatic carbocycles. The number of aryl methyl sites for hydroxylation is 2. The van der Waals surface area contributed by atoms with Gasteiger partial charge in [-0.05, 0) is 56.3 Å². The Balaban J connectivity index is 2.34.